The van der Waals surface area contributed by atoms with Crippen LogP contribution in [-0.2, 0) is 4.79 Å². The highest BCUT2D eigenvalue weighted by molar-refractivity contribution is 5.76. The molecule has 5 heteroatoms. The smallest absolute Gasteiger partial charge is 0.220 e. The number of carbonyl (C=O) groups excluding carboxylic acids is 1. The molecule has 46 heavy (non-hydrogen) atoms. The molecule has 0 saturated carbocycles. The molecule has 0 aromatic rings. The maximum Gasteiger partial charge on any atom is 0.220 e. The molecular weight excluding hydrogens is 570 g/mol. The quantitative estimate of drug-likeness (QED) is 0.0397. The minimum Gasteiger partial charge on any atom is -0.394 e. The van der Waals surface area contributed by atoms with Crippen molar-refractivity contribution >= 4 is 5.91 Å². The minimum absolute atomic E-state index is 0.152. The minimum atomic E-state index is -1.15. The predicted octanol–water partition coefficient (Wildman–Crippen LogP) is 11.3. The van der Waals surface area contributed by atoms with Crippen LogP contribution in [0.4, 0.5) is 0 Å². The summed E-state index contributed by atoms with van der Waals surface area (Å²) in [5.74, 6) is -0.152. The molecule has 3 atom stereocenters. The number of carbonyl (C=O) groups is 1. The van der Waals surface area contributed by atoms with Crippen molar-refractivity contribution in [3.05, 3.63) is 12.2 Å². The molecule has 0 rings (SSSR count). The molecule has 0 aromatic heterocycles. The highest BCUT2D eigenvalue weighted by atomic mass is 16.3. The summed E-state index contributed by atoms with van der Waals surface area (Å²) in [6.45, 7) is 4.15. The molecule has 274 valence electrons. The van der Waals surface area contributed by atoms with E-state index < -0.39 is 18.2 Å². The molecule has 4 N–H and O–H groups in total. The molecule has 0 saturated heterocycles. The summed E-state index contributed by atoms with van der Waals surface area (Å²) in [6.07, 6.45) is 41.8. The fourth-order valence-electron chi connectivity index (χ4n) is 6.40. The van der Waals surface area contributed by atoms with Gasteiger partial charge in [0.1, 0.15) is 6.10 Å². The van der Waals surface area contributed by atoms with Gasteiger partial charge in [-0.2, -0.15) is 0 Å². The Kier molecular flexibility index (Phi) is 36.2. The van der Waals surface area contributed by atoms with E-state index in [9.17, 15) is 20.1 Å². The van der Waals surface area contributed by atoms with Crippen molar-refractivity contribution < 1.29 is 20.1 Å². The lowest BCUT2D eigenvalue weighted by Gasteiger charge is -2.26. The van der Waals surface area contributed by atoms with E-state index in [0.29, 0.717) is 12.8 Å². The molecule has 0 aromatic carbocycles. The molecule has 5 nitrogen and oxygen atoms in total. The van der Waals surface area contributed by atoms with Crippen molar-refractivity contribution in [1.29, 1.82) is 0 Å². The van der Waals surface area contributed by atoms with E-state index in [0.717, 1.165) is 38.5 Å². The maximum absolute atomic E-state index is 12.4. The van der Waals surface area contributed by atoms with E-state index in [4.69, 9.17) is 0 Å². The van der Waals surface area contributed by atoms with Crippen LogP contribution < -0.4 is 5.32 Å². The third kappa shape index (κ3) is 31.7. The van der Waals surface area contributed by atoms with E-state index in [-0.39, 0.29) is 12.5 Å². The molecule has 0 heterocycles. The fraction of sp³-hybridized carbons (Fsp3) is 0.927. The van der Waals surface area contributed by atoms with Crippen LogP contribution in [0.5, 0.6) is 0 Å². The van der Waals surface area contributed by atoms with Crippen molar-refractivity contribution in [3.63, 3.8) is 0 Å². The molecule has 0 aliphatic rings. The third-order valence-electron chi connectivity index (χ3n) is 9.62. The molecular formula is C41H81NO4. The Labute approximate surface area is 287 Å². The van der Waals surface area contributed by atoms with E-state index in [2.05, 4.69) is 31.3 Å². The van der Waals surface area contributed by atoms with E-state index in [1.807, 2.05) is 0 Å². The van der Waals surface area contributed by atoms with Crippen LogP contribution in [0.1, 0.15) is 219 Å². The van der Waals surface area contributed by atoms with Gasteiger partial charge in [0.15, 0.2) is 0 Å². The van der Waals surface area contributed by atoms with Gasteiger partial charge >= 0.3 is 0 Å². The summed E-state index contributed by atoms with van der Waals surface area (Å²) in [6, 6.07) is -0.819. The van der Waals surface area contributed by atoms with Gasteiger partial charge in [-0.25, -0.2) is 0 Å². The highest BCUT2D eigenvalue weighted by Crippen LogP contribution is 2.16. The Hall–Kier alpha value is -0.910. The van der Waals surface area contributed by atoms with Gasteiger partial charge in [-0.05, 0) is 38.5 Å². The molecule has 0 aliphatic carbocycles. The second kappa shape index (κ2) is 36.9. The van der Waals surface area contributed by atoms with Crippen molar-refractivity contribution in [2.24, 2.45) is 0 Å². The van der Waals surface area contributed by atoms with Gasteiger partial charge in [0.2, 0.25) is 5.91 Å². The Morgan fingerprint density at radius 2 is 0.870 bits per heavy atom. The van der Waals surface area contributed by atoms with Crippen LogP contribution in [0.25, 0.3) is 0 Å². The van der Waals surface area contributed by atoms with Gasteiger partial charge in [-0.15, -0.1) is 0 Å². The standard InChI is InChI=1S/C41H81NO4/c1-3-5-7-9-11-13-15-16-17-18-19-20-21-22-23-24-26-28-30-32-34-36-40(45)42-38(37-43)41(46)39(44)35-33-31-29-27-25-14-12-10-8-6-4-2/h27,29,38-39,41,43-44,46H,3-26,28,30-37H2,1-2H3,(H,42,45)/b29-27+. The number of hydrogen-bond acceptors (Lipinski definition) is 4. The van der Waals surface area contributed by atoms with Crippen LogP contribution in [0.2, 0.25) is 0 Å². The zero-order valence-electron chi connectivity index (χ0n) is 31.0. The van der Waals surface area contributed by atoms with Crippen LogP contribution in [0, 0.1) is 0 Å². The fourth-order valence-corrected chi connectivity index (χ4v) is 6.40. The van der Waals surface area contributed by atoms with Gasteiger partial charge in [0.05, 0.1) is 18.8 Å². The molecule has 0 fully saturated rings. The lowest BCUT2D eigenvalue weighted by Crippen LogP contribution is -2.50. The zero-order chi connectivity index (χ0) is 33.8. The zero-order valence-corrected chi connectivity index (χ0v) is 31.0. The number of amides is 1. The van der Waals surface area contributed by atoms with Gasteiger partial charge in [-0.1, -0.05) is 187 Å². The Balaban J connectivity index is 3.60. The van der Waals surface area contributed by atoms with E-state index in [1.54, 1.807) is 0 Å². The van der Waals surface area contributed by atoms with Crippen molar-refractivity contribution in [2.45, 2.75) is 238 Å². The third-order valence-corrected chi connectivity index (χ3v) is 9.62. The van der Waals surface area contributed by atoms with Crippen molar-refractivity contribution in [3.8, 4) is 0 Å². The number of unbranched alkanes of at least 4 members (excludes halogenated alkanes) is 27. The van der Waals surface area contributed by atoms with Crippen LogP contribution >= 0.6 is 0 Å². The number of allylic oxidation sites excluding steroid dienone is 2. The highest BCUT2D eigenvalue weighted by Gasteiger charge is 2.26. The second-order valence-corrected chi connectivity index (χ2v) is 14.2. The SMILES string of the molecule is CCCCCCCC/C=C/CCCC(O)C(O)C(CO)NC(=O)CCCCCCCCCCCCCCCCCCCCCCC. The number of aliphatic hydroxyl groups excluding tert-OH is 3. The normalized spacial score (nSPS) is 13.8. The Morgan fingerprint density at radius 3 is 1.26 bits per heavy atom. The molecule has 0 spiro atoms. The van der Waals surface area contributed by atoms with Gasteiger partial charge < -0.3 is 20.6 Å². The Bertz CT molecular complexity index is 640. The number of aliphatic hydroxyl groups is 3. The first-order chi connectivity index (χ1) is 22.6. The monoisotopic (exact) mass is 652 g/mol. The van der Waals surface area contributed by atoms with E-state index >= 15 is 0 Å². The summed E-state index contributed by atoms with van der Waals surface area (Å²) in [4.78, 5) is 12.4. The molecule has 0 radical (unpaired) electrons. The molecule has 0 aliphatic heterocycles. The van der Waals surface area contributed by atoms with E-state index in [1.165, 1.54) is 154 Å². The predicted molar refractivity (Wildman–Crippen MR) is 199 cm³/mol. The summed E-state index contributed by atoms with van der Waals surface area (Å²) >= 11 is 0. The molecule has 0 bridgehead atoms. The average molecular weight is 652 g/mol. The van der Waals surface area contributed by atoms with Gasteiger partial charge in [0.25, 0.3) is 0 Å². The molecule has 1 amide bonds. The van der Waals surface area contributed by atoms with Gasteiger partial charge in [-0.3, -0.25) is 4.79 Å². The number of hydrogen-bond donors (Lipinski definition) is 4. The summed E-state index contributed by atoms with van der Waals surface area (Å²) < 4.78 is 0. The van der Waals surface area contributed by atoms with Crippen molar-refractivity contribution in [2.75, 3.05) is 6.61 Å². The summed E-state index contributed by atoms with van der Waals surface area (Å²) in [5, 5.41) is 33.3. The summed E-state index contributed by atoms with van der Waals surface area (Å²) in [5.41, 5.74) is 0. The second-order valence-electron chi connectivity index (χ2n) is 14.2. The number of rotatable bonds is 37. The summed E-state index contributed by atoms with van der Waals surface area (Å²) in [7, 11) is 0. The van der Waals surface area contributed by atoms with Crippen LogP contribution in [0.3, 0.4) is 0 Å². The maximum atomic E-state index is 12.4. The molecule has 3 unspecified atom stereocenters. The first kappa shape index (κ1) is 45.1. The first-order valence-corrected chi connectivity index (χ1v) is 20.5. The lowest BCUT2D eigenvalue weighted by molar-refractivity contribution is -0.124. The van der Waals surface area contributed by atoms with Crippen LogP contribution in [0.15, 0.2) is 12.2 Å². The lowest BCUT2D eigenvalue weighted by atomic mass is 10.0. The van der Waals surface area contributed by atoms with Crippen LogP contribution in [-0.4, -0.2) is 46.1 Å². The number of nitrogens with one attached hydrogen (secondary N) is 1. The average Bonchev–Trinajstić information content (AvgIpc) is 3.06. The Morgan fingerprint density at radius 1 is 0.522 bits per heavy atom. The first-order valence-electron chi connectivity index (χ1n) is 20.5. The topological polar surface area (TPSA) is 89.8 Å². The largest absolute Gasteiger partial charge is 0.394 e. The van der Waals surface area contributed by atoms with Crippen molar-refractivity contribution in [1.82, 2.24) is 5.32 Å². The van der Waals surface area contributed by atoms with Gasteiger partial charge in [0, 0.05) is 6.42 Å².